The summed E-state index contributed by atoms with van der Waals surface area (Å²) in [6.45, 7) is 4.00. The van der Waals surface area contributed by atoms with Gasteiger partial charge < -0.3 is 41.6 Å². The number of hydrogen-bond donors (Lipinski definition) is 6. The van der Waals surface area contributed by atoms with Crippen molar-refractivity contribution in [2.75, 3.05) is 13.1 Å². The van der Waals surface area contributed by atoms with Crippen molar-refractivity contribution in [1.82, 2.24) is 5.32 Å². The van der Waals surface area contributed by atoms with Crippen molar-refractivity contribution < 1.29 is 39.2 Å². The fraction of sp³-hybridized carbons (Fsp3) is 0.206. The van der Waals surface area contributed by atoms with Crippen LogP contribution >= 0.6 is 0 Å². The molecule has 0 radical (unpaired) electrons. The zero-order chi connectivity index (χ0) is 32.3. The molecule has 2 heterocycles. The van der Waals surface area contributed by atoms with Crippen molar-refractivity contribution in [3.63, 3.8) is 0 Å². The molecule has 1 spiro atoms. The van der Waals surface area contributed by atoms with Gasteiger partial charge in [0.2, 0.25) is 5.91 Å². The van der Waals surface area contributed by atoms with Crippen molar-refractivity contribution in [2.45, 2.75) is 31.4 Å². The number of carboxylic acids is 1. The second-order valence-corrected chi connectivity index (χ2v) is 10.8. The largest absolute Gasteiger partial charge is 0.508 e. The van der Waals surface area contributed by atoms with Crippen molar-refractivity contribution in [3.05, 3.63) is 118 Å². The molecule has 0 bridgehead atoms. The number of esters is 1. The third-order valence-electron chi connectivity index (χ3n) is 7.68. The Hall–Kier alpha value is -5.39. The predicted octanol–water partition coefficient (Wildman–Crippen LogP) is 4.02. The van der Waals surface area contributed by atoms with Gasteiger partial charge in [0, 0.05) is 34.9 Å². The number of nitrogens with one attached hydrogen (secondary N) is 1. The average molecular weight is 612 g/mol. The number of phenols is 2. The van der Waals surface area contributed by atoms with Crippen molar-refractivity contribution >= 4 is 17.8 Å². The third-order valence-corrected chi connectivity index (χ3v) is 7.68. The average Bonchev–Trinajstić information content (AvgIpc) is 3.29. The molecule has 0 fully saturated rings. The summed E-state index contributed by atoms with van der Waals surface area (Å²) in [5.41, 5.74) is 10.4. The Labute approximate surface area is 259 Å². The maximum absolute atomic E-state index is 13.0. The van der Waals surface area contributed by atoms with Crippen LogP contribution in [-0.4, -0.2) is 52.3 Å². The molecule has 11 nitrogen and oxygen atoms in total. The molecular weight excluding hydrogens is 578 g/mol. The number of carbonyl (C=O) groups excluding carboxylic acids is 2. The molecular formula is C34H33N3O8. The van der Waals surface area contributed by atoms with Crippen molar-refractivity contribution in [1.29, 1.82) is 0 Å². The number of primary amides is 1. The molecule has 11 heteroatoms. The van der Waals surface area contributed by atoms with Crippen LogP contribution in [0, 0.1) is 0 Å². The minimum absolute atomic E-state index is 0.110. The zero-order valence-corrected chi connectivity index (χ0v) is 24.4. The normalized spacial score (nSPS) is 14.1. The van der Waals surface area contributed by atoms with Gasteiger partial charge in [-0.1, -0.05) is 36.4 Å². The van der Waals surface area contributed by atoms with Crippen molar-refractivity contribution in [2.24, 2.45) is 11.5 Å². The summed E-state index contributed by atoms with van der Waals surface area (Å²) in [4.78, 5) is 36.8. The smallest absolute Gasteiger partial charge is 0.341 e. The molecule has 4 aromatic rings. The van der Waals surface area contributed by atoms with Gasteiger partial charge in [-0.2, -0.15) is 0 Å². The summed E-state index contributed by atoms with van der Waals surface area (Å²) >= 11 is 0. The number of hydrogen-bond acceptors (Lipinski definition) is 9. The summed E-state index contributed by atoms with van der Waals surface area (Å²) in [6, 6.07) is 22.0. The summed E-state index contributed by atoms with van der Waals surface area (Å²) in [6.07, 6.45) is 2.14. The second kappa shape index (κ2) is 12.7. The molecule has 8 N–H and O–H groups in total. The van der Waals surface area contributed by atoms with Crippen LogP contribution in [0.25, 0.3) is 0 Å². The molecule has 1 amide bonds. The van der Waals surface area contributed by atoms with Crippen LogP contribution < -0.4 is 21.5 Å². The number of carboxylic acid groups (broad SMARTS) is 1. The van der Waals surface area contributed by atoms with Crippen LogP contribution in [0.2, 0.25) is 0 Å². The number of aromatic carboxylic acids is 1. The molecule has 0 aliphatic carbocycles. The van der Waals surface area contributed by atoms with Crippen LogP contribution in [0.15, 0.2) is 78.9 Å². The number of amides is 1. The van der Waals surface area contributed by atoms with Gasteiger partial charge in [0.05, 0.1) is 16.7 Å². The molecule has 45 heavy (non-hydrogen) atoms. The molecule has 1 atom stereocenters. The van der Waals surface area contributed by atoms with Gasteiger partial charge in [-0.25, -0.2) is 9.59 Å². The fourth-order valence-electron chi connectivity index (χ4n) is 5.71. The second-order valence-electron chi connectivity index (χ2n) is 10.8. The monoisotopic (exact) mass is 611 g/mol. The lowest BCUT2D eigenvalue weighted by atomic mass is 9.76. The Balaban J connectivity index is 0.000000241. The summed E-state index contributed by atoms with van der Waals surface area (Å²) in [7, 11) is 0. The Morgan fingerprint density at radius 1 is 0.911 bits per heavy atom. The van der Waals surface area contributed by atoms with Gasteiger partial charge in [0.15, 0.2) is 5.60 Å². The quantitative estimate of drug-likeness (QED) is 0.125. The van der Waals surface area contributed by atoms with E-state index in [9.17, 15) is 29.7 Å². The first-order valence-corrected chi connectivity index (χ1v) is 14.3. The predicted molar refractivity (Wildman–Crippen MR) is 165 cm³/mol. The highest BCUT2D eigenvalue weighted by atomic mass is 16.6. The van der Waals surface area contributed by atoms with E-state index in [0.717, 1.165) is 25.9 Å². The van der Waals surface area contributed by atoms with Crippen molar-refractivity contribution in [3.8, 4) is 23.0 Å². The first-order chi connectivity index (χ1) is 21.6. The van der Waals surface area contributed by atoms with Gasteiger partial charge in [0.25, 0.3) is 0 Å². The minimum atomic E-state index is -1.61. The number of rotatable bonds is 8. The fourth-order valence-corrected chi connectivity index (χ4v) is 5.71. The highest BCUT2D eigenvalue weighted by molar-refractivity contribution is 6.13. The van der Waals surface area contributed by atoms with Gasteiger partial charge in [-0.15, -0.1) is 0 Å². The number of fused-ring (bicyclic) bond motifs is 6. The van der Waals surface area contributed by atoms with E-state index in [1.807, 2.05) is 0 Å². The minimum Gasteiger partial charge on any atom is -0.508 e. The molecule has 1 unspecified atom stereocenters. The number of ether oxygens (including phenoxy) is 2. The molecule has 232 valence electrons. The van der Waals surface area contributed by atoms with E-state index in [2.05, 4.69) is 42.6 Å². The Morgan fingerprint density at radius 2 is 1.51 bits per heavy atom. The van der Waals surface area contributed by atoms with E-state index >= 15 is 0 Å². The molecule has 2 aliphatic heterocycles. The van der Waals surface area contributed by atoms with E-state index in [1.165, 1.54) is 54.1 Å². The maximum Gasteiger partial charge on any atom is 0.341 e. The molecule has 0 saturated heterocycles. The summed E-state index contributed by atoms with van der Waals surface area (Å²) in [5, 5.41) is 32.8. The van der Waals surface area contributed by atoms with Gasteiger partial charge in [-0.05, 0) is 68.8 Å². The number of benzene rings is 4. The van der Waals surface area contributed by atoms with Gasteiger partial charge in [0.1, 0.15) is 23.0 Å². The molecule has 0 aromatic heterocycles. The van der Waals surface area contributed by atoms with E-state index in [0.29, 0.717) is 17.2 Å². The standard InChI is InChI=1S/C22H13NO8.C12H20N2/c23-19(26)17-11(20(27)28)3-6-14-18(17)21(29)31-22(14)12-4-1-9(24)7-15(12)30-16-8-10(25)2-5-13(16)22;1-11(14-9-5-8-13)10-12-6-3-2-4-7-12/h1-8,24-25H,(H2,23,26)(H,27,28);2-4,6-7,11,14H,5,8-10,13H2,1H3. The van der Waals surface area contributed by atoms with E-state index < -0.39 is 34.6 Å². The highest BCUT2D eigenvalue weighted by Gasteiger charge is 2.55. The number of phenolic OH excluding ortho intramolecular Hbond substituents is 2. The lowest BCUT2D eigenvalue weighted by Crippen LogP contribution is -2.33. The number of carbonyl (C=O) groups is 3. The van der Waals surface area contributed by atoms with Gasteiger partial charge >= 0.3 is 11.9 Å². The van der Waals surface area contributed by atoms with E-state index in [-0.39, 0.29) is 34.1 Å². The molecule has 0 saturated carbocycles. The Morgan fingerprint density at radius 3 is 2.07 bits per heavy atom. The number of aromatic hydroxyl groups is 2. The third kappa shape index (κ3) is 5.91. The van der Waals surface area contributed by atoms with E-state index in [4.69, 9.17) is 20.9 Å². The lowest BCUT2D eigenvalue weighted by molar-refractivity contribution is 0.0223. The summed E-state index contributed by atoms with van der Waals surface area (Å²) < 4.78 is 11.7. The molecule has 2 aliphatic rings. The Bertz CT molecular complexity index is 1720. The van der Waals surface area contributed by atoms with Crippen LogP contribution in [0.4, 0.5) is 0 Å². The first kappa shape index (κ1) is 31.0. The SMILES string of the molecule is CC(Cc1ccccc1)NCCCN.NC(=O)c1c(C(=O)O)ccc2c1C(=O)OC21c2ccc(O)cc2Oc2cc(O)ccc21. The van der Waals surface area contributed by atoms with E-state index in [1.54, 1.807) is 0 Å². The zero-order valence-electron chi connectivity index (χ0n) is 24.4. The van der Waals surface area contributed by atoms with Gasteiger partial charge in [-0.3, -0.25) is 4.79 Å². The topological polar surface area (TPSA) is 194 Å². The molecule has 6 rings (SSSR count). The summed E-state index contributed by atoms with van der Waals surface area (Å²) in [5.74, 6) is -3.36. The van der Waals surface area contributed by atoms with Crippen LogP contribution in [-0.2, 0) is 16.8 Å². The number of nitrogens with two attached hydrogens (primary N) is 2. The maximum atomic E-state index is 13.0. The first-order valence-electron chi connectivity index (χ1n) is 14.3. The van der Waals surface area contributed by atoms with Crippen LogP contribution in [0.3, 0.4) is 0 Å². The lowest BCUT2D eigenvalue weighted by Gasteiger charge is -2.36. The highest BCUT2D eigenvalue weighted by Crippen LogP contribution is 2.57. The van der Waals surface area contributed by atoms with Crippen LogP contribution in [0.5, 0.6) is 23.0 Å². The molecule has 4 aromatic carbocycles. The Kier molecular flexibility index (Phi) is 8.75. The van der Waals surface area contributed by atoms with Crippen LogP contribution in [0.1, 0.15) is 66.7 Å².